The number of primary amides is 1. The van der Waals surface area contributed by atoms with Crippen molar-refractivity contribution in [3.05, 3.63) is 11.1 Å². The first-order valence-corrected chi connectivity index (χ1v) is 12.6. The fourth-order valence-corrected chi connectivity index (χ4v) is 6.61. The second kappa shape index (κ2) is 9.32. The number of anilines is 1. The van der Waals surface area contributed by atoms with Crippen LogP contribution in [0.3, 0.4) is 0 Å². The van der Waals surface area contributed by atoms with E-state index in [0.717, 1.165) is 11.3 Å². The van der Waals surface area contributed by atoms with Crippen molar-refractivity contribution in [1.82, 2.24) is 15.2 Å². The molecule has 4 rings (SSSR count). The number of nitrogens with zero attached hydrogens (tertiary/aromatic N) is 3. The Morgan fingerprint density at radius 2 is 2.05 bits per heavy atom. The number of carboxylic acid groups (broad SMARTS) is 1. The van der Waals surface area contributed by atoms with Crippen LogP contribution in [0, 0.1) is 5.92 Å². The SMILES string of the molecule is NC(=O)C(CO)(CO)O/N=C(\C(=O)N[C@@H]1C(=O)N2[C@@H]1[S@@](=O)C[C@@H]1CC(=O)O[C@@]12C(=O)O)c1csc(N)n1. The molecule has 17 nitrogen and oxygen atoms in total. The van der Waals surface area contributed by atoms with Gasteiger partial charge in [0.25, 0.3) is 29.0 Å². The Kier molecular flexibility index (Phi) is 6.65. The number of nitrogen functional groups attached to an aromatic ring is 1. The Labute approximate surface area is 212 Å². The number of aliphatic hydroxyl groups excluding tert-OH is 2. The number of carbonyl (C=O) groups is 5. The molecule has 0 aromatic carbocycles. The van der Waals surface area contributed by atoms with Crippen molar-refractivity contribution in [3.63, 3.8) is 0 Å². The molecule has 19 heteroatoms. The zero-order valence-corrected chi connectivity index (χ0v) is 20.2. The number of thiazole rings is 1. The predicted molar refractivity (Wildman–Crippen MR) is 120 cm³/mol. The average Bonchev–Trinajstić information content (AvgIpc) is 3.41. The molecular weight excluding hydrogens is 540 g/mol. The Morgan fingerprint density at radius 1 is 1.38 bits per heavy atom. The van der Waals surface area contributed by atoms with Crippen LogP contribution in [0.5, 0.6) is 0 Å². The summed E-state index contributed by atoms with van der Waals surface area (Å²) in [4.78, 5) is 71.2. The van der Waals surface area contributed by atoms with Crippen LogP contribution in [-0.2, 0) is 44.3 Å². The van der Waals surface area contributed by atoms with E-state index in [2.05, 4.69) is 15.5 Å². The number of hydrogen-bond acceptors (Lipinski definition) is 14. The molecule has 0 aliphatic carbocycles. The van der Waals surface area contributed by atoms with Crippen molar-refractivity contribution in [1.29, 1.82) is 0 Å². The molecule has 37 heavy (non-hydrogen) atoms. The number of hydrogen-bond donors (Lipinski definition) is 6. The highest BCUT2D eigenvalue weighted by atomic mass is 32.2. The largest absolute Gasteiger partial charge is 0.477 e. The molecular formula is C18H20N6O11S2. The smallest absolute Gasteiger partial charge is 0.370 e. The number of carbonyl (C=O) groups excluding carboxylic acids is 4. The lowest BCUT2D eigenvalue weighted by Gasteiger charge is -2.56. The first kappa shape index (κ1) is 26.4. The summed E-state index contributed by atoms with van der Waals surface area (Å²) in [6, 6.07) is -1.51. The van der Waals surface area contributed by atoms with Gasteiger partial charge in [-0.2, -0.15) is 0 Å². The third kappa shape index (κ3) is 3.99. The van der Waals surface area contributed by atoms with E-state index in [0.29, 0.717) is 4.90 Å². The minimum absolute atomic E-state index is 0.00208. The third-order valence-electron chi connectivity index (χ3n) is 6.12. The van der Waals surface area contributed by atoms with Crippen molar-refractivity contribution < 1.29 is 53.1 Å². The van der Waals surface area contributed by atoms with E-state index in [1.807, 2.05) is 0 Å². The molecule has 0 unspecified atom stereocenters. The zero-order valence-electron chi connectivity index (χ0n) is 18.6. The lowest BCUT2D eigenvalue weighted by molar-refractivity contribution is -0.216. The normalized spacial score (nSPS) is 29.0. The van der Waals surface area contributed by atoms with Gasteiger partial charge in [0.15, 0.2) is 10.8 Å². The number of aliphatic hydroxyl groups is 2. The van der Waals surface area contributed by atoms with Gasteiger partial charge in [0.1, 0.15) is 17.1 Å². The van der Waals surface area contributed by atoms with Gasteiger partial charge in [-0.3, -0.25) is 28.3 Å². The summed E-state index contributed by atoms with van der Waals surface area (Å²) in [5, 5.41) is 34.4. The van der Waals surface area contributed by atoms with E-state index in [9.17, 15) is 43.5 Å². The summed E-state index contributed by atoms with van der Waals surface area (Å²) < 4.78 is 17.9. The summed E-state index contributed by atoms with van der Waals surface area (Å²) in [5.41, 5.74) is 5.15. The molecule has 3 aliphatic heterocycles. The number of amides is 3. The Morgan fingerprint density at radius 3 is 2.59 bits per heavy atom. The molecule has 0 radical (unpaired) electrons. The van der Waals surface area contributed by atoms with Crippen LogP contribution in [0.2, 0.25) is 0 Å². The van der Waals surface area contributed by atoms with Crippen LogP contribution in [0.1, 0.15) is 12.1 Å². The number of nitrogens with one attached hydrogen (secondary N) is 1. The van der Waals surface area contributed by atoms with E-state index in [1.54, 1.807) is 0 Å². The van der Waals surface area contributed by atoms with Gasteiger partial charge in [0, 0.05) is 21.9 Å². The molecule has 1 aromatic heterocycles. The fraction of sp³-hybridized carbons (Fsp3) is 0.500. The number of esters is 1. The predicted octanol–water partition coefficient (Wildman–Crippen LogP) is -4.59. The van der Waals surface area contributed by atoms with Crippen LogP contribution in [-0.4, -0.2) is 106 Å². The summed E-state index contributed by atoms with van der Waals surface area (Å²) in [7, 11) is -1.88. The first-order chi connectivity index (χ1) is 17.4. The molecule has 0 spiro atoms. The highest BCUT2D eigenvalue weighted by molar-refractivity contribution is 7.85. The summed E-state index contributed by atoms with van der Waals surface area (Å²) in [6.07, 6.45) is -0.345. The number of carboxylic acids is 1. The summed E-state index contributed by atoms with van der Waals surface area (Å²) in [6.45, 7) is -2.21. The number of aromatic nitrogens is 1. The van der Waals surface area contributed by atoms with Gasteiger partial charge in [-0.1, -0.05) is 5.16 Å². The van der Waals surface area contributed by atoms with Gasteiger partial charge in [-0.15, -0.1) is 11.3 Å². The standard InChI is InChI=1S/C18H20N6O11S2/c19-14(30)17(4-25,5-26)35-23-9(7-2-36-16(20)21-7)11(28)22-10-12(29)24-13(10)37(33)3-6-1-8(27)34-18(6,24)15(31)32/h2,6,10,13,25-26H,1,3-5H2,(H2,19,30)(H2,20,21)(H,22,28)(H,31,32)/b23-9-/t6-,10+,13+,18+,37-/m0/s1. The maximum atomic E-state index is 13.1. The summed E-state index contributed by atoms with van der Waals surface area (Å²) in [5.74, 6) is -7.25. The summed E-state index contributed by atoms with van der Waals surface area (Å²) >= 11 is 0.895. The molecule has 3 amide bonds. The maximum absolute atomic E-state index is 13.1. The Balaban J connectivity index is 1.63. The van der Waals surface area contributed by atoms with E-state index < -0.39 is 88.0 Å². The molecule has 3 saturated heterocycles. The van der Waals surface area contributed by atoms with Crippen molar-refractivity contribution in [3.8, 4) is 0 Å². The first-order valence-electron chi connectivity index (χ1n) is 10.4. The number of rotatable bonds is 9. The van der Waals surface area contributed by atoms with Crippen LogP contribution < -0.4 is 16.8 Å². The van der Waals surface area contributed by atoms with Gasteiger partial charge >= 0.3 is 11.9 Å². The van der Waals surface area contributed by atoms with Crippen molar-refractivity contribution >= 4 is 62.6 Å². The number of ether oxygens (including phenoxy) is 1. The van der Waals surface area contributed by atoms with Crippen molar-refractivity contribution in [2.45, 2.75) is 29.2 Å². The van der Waals surface area contributed by atoms with Gasteiger partial charge < -0.3 is 41.7 Å². The van der Waals surface area contributed by atoms with Crippen molar-refractivity contribution in [2.75, 3.05) is 24.7 Å². The lowest BCUT2D eigenvalue weighted by atomic mass is 9.89. The maximum Gasteiger partial charge on any atom is 0.370 e. The number of nitrogens with two attached hydrogens (primary N) is 2. The van der Waals surface area contributed by atoms with Crippen LogP contribution >= 0.6 is 11.3 Å². The minimum Gasteiger partial charge on any atom is -0.477 e. The molecule has 4 heterocycles. The minimum atomic E-state index is -2.41. The quantitative estimate of drug-likeness (QED) is 0.0719. The fourth-order valence-electron chi connectivity index (χ4n) is 4.15. The van der Waals surface area contributed by atoms with E-state index in [-0.39, 0.29) is 23.0 Å². The molecule has 0 bridgehead atoms. The average molecular weight is 561 g/mol. The number of oxime groups is 1. The monoisotopic (exact) mass is 560 g/mol. The number of aliphatic carboxylic acids is 1. The van der Waals surface area contributed by atoms with Crippen LogP contribution in [0.25, 0.3) is 0 Å². The second-order valence-corrected chi connectivity index (χ2v) is 10.7. The van der Waals surface area contributed by atoms with E-state index in [1.165, 1.54) is 5.38 Å². The molecule has 5 atom stereocenters. The molecule has 200 valence electrons. The topological polar surface area (TPSA) is 274 Å². The van der Waals surface area contributed by atoms with Gasteiger partial charge in [-0.05, 0) is 0 Å². The highest BCUT2D eigenvalue weighted by Gasteiger charge is 2.73. The number of β-lactam (4-membered cyclic amide) rings is 1. The Bertz CT molecular complexity index is 1250. The van der Waals surface area contributed by atoms with Crippen molar-refractivity contribution in [2.24, 2.45) is 16.8 Å². The molecule has 0 saturated carbocycles. The zero-order chi connectivity index (χ0) is 27.3. The number of fused-ring (bicyclic) bond motifs is 3. The lowest BCUT2D eigenvalue weighted by Crippen LogP contribution is -2.83. The molecule has 3 fully saturated rings. The van der Waals surface area contributed by atoms with E-state index in [4.69, 9.17) is 21.0 Å². The van der Waals surface area contributed by atoms with E-state index >= 15 is 0 Å². The highest BCUT2D eigenvalue weighted by Crippen LogP contribution is 2.47. The molecule has 3 aliphatic rings. The van der Waals surface area contributed by atoms with Crippen LogP contribution in [0.4, 0.5) is 5.13 Å². The second-order valence-electron chi connectivity index (χ2n) is 8.25. The van der Waals surface area contributed by atoms with Gasteiger partial charge in [0.2, 0.25) is 0 Å². The molecule has 8 N–H and O–H groups in total. The molecule has 1 aromatic rings. The third-order valence-corrected chi connectivity index (χ3v) is 8.54. The van der Waals surface area contributed by atoms with Crippen LogP contribution in [0.15, 0.2) is 10.5 Å². The Hall–Kier alpha value is -3.68. The van der Waals surface area contributed by atoms with Gasteiger partial charge in [0.05, 0.1) is 25.6 Å². The van der Waals surface area contributed by atoms with Gasteiger partial charge in [-0.25, -0.2) is 9.78 Å².